The van der Waals surface area contributed by atoms with Crippen molar-refractivity contribution in [3.05, 3.63) is 12.0 Å². The number of hydrogen-bond acceptors (Lipinski definition) is 5. The maximum Gasteiger partial charge on any atom is 0.431 e. The summed E-state index contributed by atoms with van der Waals surface area (Å²) in [5.74, 6) is -0.170. The third-order valence-corrected chi connectivity index (χ3v) is 1.62. The first kappa shape index (κ1) is 13.6. The van der Waals surface area contributed by atoms with Gasteiger partial charge in [0.15, 0.2) is 5.76 Å². The summed E-state index contributed by atoms with van der Waals surface area (Å²) < 4.78 is 15.5. The van der Waals surface area contributed by atoms with Crippen LogP contribution in [0.1, 0.15) is 34.6 Å². The second-order valence-corrected chi connectivity index (χ2v) is 5.10. The van der Waals surface area contributed by atoms with E-state index in [0.29, 0.717) is 5.76 Å². The summed E-state index contributed by atoms with van der Waals surface area (Å²) in [4.78, 5) is 16.1. The number of rotatable bonds is 3. The van der Waals surface area contributed by atoms with Crippen molar-refractivity contribution in [2.75, 3.05) is 6.61 Å². The fourth-order valence-corrected chi connectivity index (χ4v) is 1.10. The highest BCUT2D eigenvalue weighted by molar-refractivity contribution is 5.66. The normalized spacial score (nSPS) is 17.8. The van der Waals surface area contributed by atoms with E-state index >= 15 is 0 Å². The summed E-state index contributed by atoms with van der Waals surface area (Å²) >= 11 is 0. The van der Waals surface area contributed by atoms with Gasteiger partial charge in [-0.25, -0.2) is 4.79 Å². The standard InChI is InChI=1S/C11H19NO5/c1-10(2,3)17-9(13)12-15-7-8-6-14-11(4,5)16-8/h6H,7H2,1-5H3,(H,12,13). The van der Waals surface area contributed by atoms with Crippen LogP contribution in [0.4, 0.5) is 4.79 Å². The van der Waals surface area contributed by atoms with E-state index in [1.807, 2.05) is 0 Å². The fraction of sp³-hybridized carbons (Fsp3) is 0.727. The Morgan fingerprint density at radius 1 is 1.47 bits per heavy atom. The third kappa shape index (κ3) is 5.44. The van der Waals surface area contributed by atoms with E-state index in [2.05, 4.69) is 5.48 Å². The van der Waals surface area contributed by atoms with Crippen molar-refractivity contribution in [2.24, 2.45) is 0 Å². The number of nitrogens with one attached hydrogen (secondary N) is 1. The highest BCUT2D eigenvalue weighted by atomic mass is 16.7. The quantitative estimate of drug-likeness (QED) is 0.771. The summed E-state index contributed by atoms with van der Waals surface area (Å²) in [6, 6.07) is 0. The van der Waals surface area contributed by atoms with Crippen LogP contribution in [-0.2, 0) is 19.0 Å². The lowest BCUT2D eigenvalue weighted by Crippen LogP contribution is -2.33. The van der Waals surface area contributed by atoms with E-state index in [4.69, 9.17) is 19.0 Å². The zero-order valence-corrected chi connectivity index (χ0v) is 10.8. The molecule has 1 heterocycles. The number of amides is 1. The van der Waals surface area contributed by atoms with Gasteiger partial charge in [-0.15, -0.1) is 0 Å². The summed E-state index contributed by atoms with van der Waals surface area (Å²) in [6.07, 6.45) is 0.813. The van der Waals surface area contributed by atoms with Crippen molar-refractivity contribution in [3.8, 4) is 0 Å². The van der Waals surface area contributed by atoms with Gasteiger partial charge >= 0.3 is 6.09 Å². The first-order chi connectivity index (χ1) is 7.68. The lowest BCUT2D eigenvalue weighted by molar-refractivity contribution is -0.123. The Kier molecular flexibility index (Phi) is 3.87. The van der Waals surface area contributed by atoms with Gasteiger partial charge in [-0.1, -0.05) is 0 Å². The van der Waals surface area contributed by atoms with Crippen LogP contribution in [0, 0.1) is 0 Å². The Morgan fingerprint density at radius 3 is 2.59 bits per heavy atom. The predicted molar refractivity (Wildman–Crippen MR) is 59.7 cm³/mol. The lowest BCUT2D eigenvalue weighted by Gasteiger charge is -2.20. The molecule has 1 aliphatic heterocycles. The first-order valence-electron chi connectivity index (χ1n) is 5.35. The van der Waals surface area contributed by atoms with Crippen LogP contribution < -0.4 is 5.48 Å². The summed E-state index contributed by atoms with van der Waals surface area (Å²) in [5.41, 5.74) is 1.60. The Bertz CT molecular complexity index is 316. The Hall–Kier alpha value is -1.43. The van der Waals surface area contributed by atoms with Gasteiger partial charge in [0.2, 0.25) is 5.79 Å². The van der Waals surface area contributed by atoms with E-state index in [9.17, 15) is 4.79 Å². The number of carbonyl (C=O) groups excluding carboxylic acids is 1. The zero-order valence-electron chi connectivity index (χ0n) is 10.8. The molecular formula is C11H19NO5. The molecule has 0 atom stereocenters. The molecule has 1 N–H and O–H groups in total. The number of hydrogen-bond donors (Lipinski definition) is 1. The van der Waals surface area contributed by atoms with Crippen molar-refractivity contribution in [1.29, 1.82) is 0 Å². The maximum absolute atomic E-state index is 11.2. The Balaban J connectivity index is 2.19. The molecule has 0 aromatic heterocycles. The molecule has 0 bridgehead atoms. The van der Waals surface area contributed by atoms with Gasteiger partial charge in [-0.05, 0) is 20.8 Å². The van der Waals surface area contributed by atoms with Crippen LogP contribution in [0.3, 0.4) is 0 Å². The lowest BCUT2D eigenvalue weighted by atomic mass is 10.2. The smallest absolute Gasteiger partial charge is 0.431 e. The van der Waals surface area contributed by atoms with Crippen LogP contribution in [0.15, 0.2) is 12.0 Å². The SMILES string of the molecule is CC(C)(C)OC(=O)NOCC1=COC(C)(C)O1. The van der Waals surface area contributed by atoms with E-state index < -0.39 is 17.5 Å². The molecule has 0 radical (unpaired) electrons. The van der Waals surface area contributed by atoms with Crippen LogP contribution >= 0.6 is 0 Å². The van der Waals surface area contributed by atoms with E-state index in [1.165, 1.54) is 6.26 Å². The van der Waals surface area contributed by atoms with Gasteiger partial charge in [-0.2, -0.15) is 5.48 Å². The molecule has 0 unspecified atom stereocenters. The molecule has 6 nitrogen and oxygen atoms in total. The van der Waals surface area contributed by atoms with Crippen LogP contribution in [-0.4, -0.2) is 24.1 Å². The van der Waals surface area contributed by atoms with Gasteiger partial charge < -0.3 is 14.2 Å². The van der Waals surface area contributed by atoms with E-state index in [-0.39, 0.29) is 6.61 Å². The minimum absolute atomic E-state index is 0.0860. The summed E-state index contributed by atoms with van der Waals surface area (Å²) in [7, 11) is 0. The molecule has 6 heteroatoms. The second kappa shape index (κ2) is 4.83. The molecule has 0 fully saturated rings. The van der Waals surface area contributed by atoms with Crippen molar-refractivity contribution < 1.29 is 23.8 Å². The minimum atomic E-state index is -0.676. The highest BCUT2D eigenvalue weighted by Crippen LogP contribution is 2.23. The Labute approximate surface area is 101 Å². The Morgan fingerprint density at radius 2 is 2.12 bits per heavy atom. The molecule has 0 aromatic carbocycles. The fourth-order valence-electron chi connectivity index (χ4n) is 1.10. The molecule has 0 saturated carbocycles. The topological polar surface area (TPSA) is 66.0 Å². The largest absolute Gasteiger partial charge is 0.457 e. The molecule has 1 rings (SSSR count). The number of hydroxylamine groups is 1. The maximum atomic E-state index is 11.2. The van der Waals surface area contributed by atoms with E-state index in [0.717, 1.165) is 0 Å². The summed E-state index contributed by atoms with van der Waals surface area (Å²) in [5, 5.41) is 0. The molecule has 17 heavy (non-hydrogen) atoms. The average molecular weight is 245 g/mol. The van der Waals surface area contributed by atoms with Crippen LogP contribution in [0.25, 0.3) is 0 Å². The second-order valence-electron chi connectivity index (χ2n) is 5.10. The van der Waals surface area contributed by atoms with Crippen molar-refractivity contribution >= 4 is 6.09 Å². The minimum Gasteiger partial charge on any atom is -0.457 e. The average Bonchev–Trinajstić information content (AvgIpc) is 2.42. The molecule has 0 aromatic rings. The van der Waals surface area contributed by atoms with Crippen molar-refractivity contribution in [2.45, 2.75) is 46.0 Å². The van der Waals surface area contributed by atoms with Gasteiger partial charge in [0, 0.05) is 13.8 Å². The first-order valence-corrected chi connectivity index (χ1v) is 5.35. The number of carbonyl (C=O) groups is 1. The number of ether oxygens (including phenoxy) is 3. The van der Waals surface area contributed by atoms with Gasteiger partial charge in [0.1, 0.15) is 18.5 Å². The molecular weight excluding hydrogens is 226 g/mol. The van der Waals surface area contributed by atoms with E-state index in [1.54, 1.807) is 34.6 Å². The summed E-state index contributed by atoms with van der Waals surface area (Å²) in [6.45, 7) is 8.95. The molecule has 0 saturated heterocycles. The van der Waals surface area contributed by atoms with Gasteiger partial charge in [0.25, 0.3) is 0 Å². The highest BCUT2D eigenvalue weighted by Gasteiger charge is 2.27. The van der Waals surface area contributed by atoms with Gasteiger partial charge in [0.05, 0.1) is 0 Å². The molecule has 1 amide bonds. The van der Waals surface area contributed by atoms with Crippen LogP contribution in [0.2, 0.25) is 0 Å². The third-order valence-electron chi connectivity index (χ3n) is 1.62. The van der Waals surface area contributed by atoms with Gasteiger partial charge in [-0.3, -0.25) is 4.84 Å². The predicted octanol–water partition coefficient (Wildman–Crippen LogP) is 2.07. The van der Waals surface area contributed by atoms with Crippen molar-refractivity contribution in [3.63, 3.8) is 0 Å². The molecule has 0 spiro atoms. The van der Waals surface area contributed by atoms with Crippen molar-refractivity contribution in [1.82, 2.24) is 5.48 Å². The molecule has 98 valence electrons. The monoisotopic (exact) mass is 245 g/mol. The molecule has 0 aliphatic carbocycles. The zero-order chi connectivity index (χ0) is 13.1. The molecule has 1 aliphatic rings. The van der Waals surface area contributed by atoms with Crippen LogP contribution in [0.5, 0.6) is 0 Å².